The van der Waals surface area contributed by atoms with Crippen LogP contribution in [0.5, 0.6) is 0 Å². The summed E-state index contributed by atoms with van der Waals surface area (Å²) in [5.41, 5.74) is 5.88. The molecule has 0 amide bonds. The minimum Gasteiger partial charge on any atom is -0.327 e. The monoisotopic (exact) mass is 386 g/mol. The molecule has 0 atom stereocenters. The standard InChI is InChI=1S/C22H19FN6/c1-13-17(12-15-8-4-6-10-18(15)23)14(2)29(27-13)22-24-21-20(25-26-22)16-9-5-7-11-19(16)28(21)3/h4-11H,12H2,1-3H3. The molecule has 5 aromatic rings. The van der Waals surface area contributed by atoms with Gasteiger partial charge in [0.1, 0.15) is 11.3 Å². The third-order valence-electron chi connectivity index (χ3n) is 5.45. The maximum absolute atomic E-state index is 14.1. The fourth-order valence-corrected chi connectivity index (χ4v) is 3.85. The van der Waals surface area contributed by atoms with E-state index in [1.165, 1.54) is 6.07 Å². The molecule has 29 heavy (non-hydrogen) atoms. The van der Waals surface area contributed by atoms with Gasteiger partial charge in [0.2, 0.25) is 0 Å². The lowest BCUT2D eigenvalue weighted by atomic mass is 10.0. The number of para-hydroxylation sites is 1. The first-order valence-electron chi connectivity index (χ1n) is 9.41. The lowest BCUT2D eigenvalue weighted by molar-refractivity contribution is 0.613. The van der Waals surface area contributed by atoms with Crippen LogP contribution in [0.2, 0.25) is 0 Å². The topological polar surface area (TPSA) is 61.4 Å². The molecule has 7 heteroatoms. The van der Waals surface area contributed by atoms with Crippen LogP contribution in [0.3, 0.4) is 0 Å². The summed E-state index contributed by atoms with van der Waals surface area (Å²) >= 11 is 0. The number of benzene rings is 2. The molecule has 2 aromatic carbocycles. The van der Waals surface area contributed by atoms with Crippen LogP contribution in [0.15, 0.2) is 48.5 Å². The van der Waals surface area contributed by atoms with E-state index < -0.39 is 0 Å². The van der Waals surface area contributed by atoms with E-state index in [1.54, 1.807) is 16.8 Å². The summed E-state index contributed by atoms with van der Waals surface area (Å²) in [6.07, 6.45) is 0.466. The summed E-state index contributed by atoms with van der Waals surface area (Å²) in [5.74, 6) is 0.192. The molecule has 0 bridgehead atoms. The molecule has 3 aromatic heterocycles. The SMILES string of the molecule is Cc1nn(-c2nnc3c4ccccc4n(C)c3n2)c(C)c1Cc1ccccc1F. The first kappa shape index (κ1) is 17.5. The van der Waals surface area contributed by atoms with Crippen molar-refractivity contribution in [1.82, 2.24) is 29.5 Å². The molecule has 3 heterocycles. The molecule has 0 saturated carbocycles. The Kier molecular flexibility index (Phi) is 3.91. The molecular weight excluding hydrogens is 367 g/mol. The molecule has 0 N–H and O–H groups in total. The third kappa shape index (κ3) is 2.69. The Bertz CT molecular complexity index is 1380. The molecule has 0 radical (unpaired) electrons. The van der Waals surface area contributed by atoms with Crippen LogP contribution in [0.4, 0.5) is 4.39 Å². The van der Waals surface area contributed by atoms with Crippen LogP contribution in [0, 0.1) is 19.7 Å². The van der Waals surface area contributed by atoms with Gasteiger partial charge in [-0.1, -0.05) is 36.4 Å². The summed E-state index contributed by atoms with van der Waals surface area (Å²) in [6.45, 7) is 3.87. The zero-order valence-corrected chi connectivity index (χ0v) is 16.4. The minimum atomic E-state index is -0.214. The molecule has 0 unspecified atom stereocenters. The summed E-state index contributed by atoms with van der Waals surface area (Å²) in [7, 11) is 1.97. The second kappa shape index (κ2) is 6.48. The summed E-state index contributed by atoms with van der Waals surface area (Å²) in [5, 5.41) is 14.4. The molecule has 5 rings (SSSR count). The van der Waals surface area contributed by atoms with Gasteiger partial charge in [0, 0.05) is 30.1 Å². The number of rotatable bonds is 3. The Morgan fingerprint density at radius 2 is 1.72 bits per heavy atom. The second-order valence-corrected chi connectivity index (χ2v) is 7.19. The van der Waals surface area contributed by atoms with Crippen molar-refractivity contribution in [3.05, 3.63) is 76.9 Å². The third-order valence-corrected chi connectivity index (χ3v) is 5.45. The van der Waals surface area contributed by atoms with Gasteiger partial charge in [-0.2, -0.15) is 10.1 Å². The average Bonchev–Trinajstić information content (AvgIpc) is 3.18. The van der Waals surface area contributed by atoms with Crippen LogP contribution in [0.1, 0.15) is 22.5 Å². The highest BCUT2D eigenvalue weighted by Crippen LogP contribution is 2.26. The van der Waals surface area contributed by atoms with Crippen LogP contribution < -0.4 is 0 Å². The van der Waals surface area contributed by atoms with Crippen molar-refractivity contribution >= 4 is 22.1 Å². The molecule has 6 nitrogen and oxygen atoms in total. The van der Waals surface area contributed by atoms with E-state index in [9.17, 15) is 4.39 Å². The summed E-state index contributed by atoms with van der Waals surface area (Å²) in [6, 6.07) is 14.8. The zero-order valence-electron chi connectivity index (χ0n) is 16.4. The molecule has 0 spiro atoms. The van der Waals surface area contributed by atoms with Gasteiger partial charge in [0.25, 0.3) is 5.95 Å². The predicted octanol–water partition coefficient (Wildman–Crippen LogP) is 4.05. The van der Waals surface area contributed by atoms with Gasteiger partial charge in [-0.05, 0) is 31.5 Å². The number of nitrogens with zero attached hydrogens (tertiary/aromatic N) is 6. The van der Waals surface area contributed by atoms with Gasteiger partial charge in [-0.3, -0.25) is 0 Å². The minimum absolute atomic E-state index is 0.214. The molecule has 0 aliphatic carbocycles. The van der Waals surface area contributed by atoms with E-state index >= 15 is 0 Å². The molecule has 0 aliphatic rings. The normalized spacial score (nSPS) is 11.6. The average molecular weight is 386 g/mol. The number of fused-ring (bicyclic) bond motifs is 3. The van der Waals surface area contributed by atoms with Gasteiger partial charge in [-0.15, -0.1) is 10.2 Å². The Balaban J connectivity index is 1.63. The highest BCUT2D eigenvalue weighted by molar-refractivity contribution is 6.03. The number of halogens is 1. The summed E-state index contributed by atoms with van der Waals surface area (Å²) < 4.78 is 17.8. The Hall–Kier alpha value is -3.61. The first-order chi connectivity index (χ1) is 14.0. The van der Waals surface area contributed by atoms with Crippen LogP contribution in [0.25, 0.3) is 28.0 Å². The van der Waals surface area contributed by atoms with E-state index in [0.717, 1.165) is 39.0 Å². The molecular formula is C22H19FN6. The van der Waals surface area contributed by atoms with Crippen molar-refractivity contribution in [2.24, 2.45) is 7.05 Å². The zero-order chi connectivity index (χ0) is 20.1. The van der Waals surface area contributed by atoms with E-state index in [-0.39, 0.29) is 5.82 Å². The molecule has 0 aliphatic heterocycles. The highest BCUT2D eigenvalue weighted by atomic mass is 19.1. The van der Waals surface area contributed by atoms with Crippen molar-refractivity contribution in [1.29, 1.82) is 0 Å². The van der Waals surface area contributed by atoms with Gasteiger partial charge >= 0.3 is 0 Å². The smallest absolute Gasteiger partial charge is 0.272 e. The van der Waals surface area contributed by atoms with Gasteiger partial charge in [0.05, 0.1) is 11.2 Å². The number of aryl methyl sites for hydroxylation is 2. The van der Waals surface area contributed by atoms with Crippen molar-refractivity contribution in [2.45, 2.75) is 20.3 Å². The Labute approximate surface area is 166 Å². The molecule has 0 saturated heterocycles. The maximum atomic E-state index is 14.1. The summed E-state index contributed by atoms with van der Waals surface area (Å²) in [4.78, 5) is 4.74. The number of hydrogen-bond donors (Lipinski definition) is 0. The maximum Gasteiger partial charge on any atom is 0.272 e. The van der Waals surface area contributed by atoms with E-state index in [0.29, 0.717) is 17.9 Å². The quantitative estimate of drug-likeness (QED) is 0.469. The Morgan fingerprint density at radius 3 is 2.55 bits per heavy atom. The van der Waals surface area contributed by atoms with Crippen LogP contribution >= 0.6 is 0 Å². The largest absolute Gasteiger partial charge is 0.327 e. The van der Waals surface area contributed by atoms with Crippen molar-refractivity contribution < 1.29 is 4.39 Å². The van der Waals surface area contributed by atoms with Crippen molar-refractivity contribution in [3.63, 3.8) is 0 Å². The predicted molar refractivity (Wildman–Crippen MR) is 110 cm³/mol. The van der Waals surface area contributed by atoms with E-state index in [1.807, 2.05) is 55.8 Å². The molecule has 144 valence electrons. The highest BCUT2D eigenvalue weighted by Gasteiger charge is 2.18. The van der Waals surface area contributed by atoms with Crippen LogP contribution in [-0.2, 0) is 13.5 Å². The van der Waals surface area contributed by atoms with Gasteiger partial charge < -0.3 is 4.57 Å². The fraction of sp³-hybridized carbons (Fsp3) is 0.182. The van der Waals surface area contributed by atoms with E-state index in [4.69, 9.17) is 4.98 Å². The van der Waals surface area contributed by atoms with Gasteiger partial charge in [-0.25, -0.2) is 9.07 Å². The first-order valence-corrected chi connectivity index (χ1v) is 9.41. The number of aromatic nitrogens is 6. The second-order valence-electron chi connectivity index (χ2n) is 7.19. The van der Waals surface area contributed by atoms with Crippen molar-refractivity contribution in [2.75, 3.05) is 0 Å². The lowest BCUT2D eigenvalue weighted by Crippen LogP contribution is -2.07. The lowest BCUT2D eigenvalue weighted by Gasteiger charge is -2.05. The van der Waals surface area contributed by atoms with Crippen LogP contribution in [-0.4, -0.2) is 29.5 Å². The number of hydrogen-bond acceptors (Lipinski definition) is 4. The molecule has 0 fully saturated rings. The van der Waals surface area contributed by atoms with Gasteiger partial charge in [0.15, 0.2) is 5.65 Å². The van der Waals surface area contributed by atoms with E-state index in [2.05, 4.69) is 15.3 Å². The van der Waals surface area contributed by atoms with Crippen molar-refractivity contribution in [3.8, 4) is 5.95 Å². The fourth-order valence-electron chi connectivity index (χ4n) is 3.85. The Morgan fingerprint density at radius 1 is 0.966 bits per heavy atom.